The van der Waals surface area contributed by atoms with Gasteiger partial charge in [-0.2, -0.15) is 0 Å². The van der Waals surface area contributed by atoms with Crippen LogP contribution in [0.5, 0.6) is 0 Å². The lowest BCUT2D eigenvalue weighted by atomic mass is 9.47. The molecule has 6 atom stereocenters. The van der Waals surface area contributed by atoms with Crippen molar-refractivity contribution in [2.45, 2.75) is 90.7 Å². The van der Waals surface area contributed by atoms with E-state index in [-0.39, 0.29) is 41.7 Å². The zero-order valence-electron chi connectivity index (χ0n) is 20.4. The maximum Gasteiger partial charge on any atom is 0.306 e. The topological polar surface area (TPSA) is 85.6 Å². The minimum atomic E-state index is -0.270. The number of amides is 1. The van der Waals surface area contributed by atoms with Crippen LogP contribution < -0.4 is 5.32 Å². The quantitative estimate of drug-likeness (QED) is 0.587. The predicted molar refractivity (Wildman–Crippen MR) is 126 cm³/mol. The Morgan fingerprint density at radius 3 is 2.74 bits per heavy atom. The van der Waals surface area contributed by atoms with E-state index in [1.165, 1.54) is 5.57 Å². The van der Waals surface area contributed by atoms with Crippen LogP contribution >= 0.6 is 0 Å². The van der Waals surface area contributed by atoms with Crippen molar-refractivity contribution in [3.05, 3.63) is 35.8 Å². The molecule has 0 aliphatic heterocycles. The fraction of sp³-hybridized carbons (Fsp3) is 0.679. The highest BCUT2D eigenvalue weighted by molar-refractivity contribution is 5.91. The summed E-state index contributed by atoms with van der Waals surface area (Å²) in [5.74, 6) is 2.39. The SMILES string of the molecule is C[C@]12CC[C@H]3[C@H](CCC4=CC(=O)CC[C@@]43C)[C@@H]1CC[C@@H]2OC(=O)CCC(=O)NCc1ccco1. The third-order valence-electron chi connectivity index (χ3n) is 9.74. The van der Waals surface area contributed by atoms with Crippen LogP contribution in [0.15, 0.2) is 34.5 Å². The Balaban J connectivity index is 1.17. The summed E-state index contributed by atoms with van der Waals surface area (Å²) in [7, 11) is 0. The van der Waals surface area contributed by atoms with Crippen LogP contribution in [0.3, 0.4) is 0 Å². The van der Waals surface area contributed by atoms with Crippen LogP contribution in [0.4, 0.5) is 0 Å². The van der Waals surface area contributed by atoms with E-state index >= 15 is 0 Å². The number of furan rings is 1. The number of ketones is 1. The molecule has 184 valence electrons. The molecule has 0 unspecified atom stereocenters. The van der Waals surface area contributed by atoms with E-state index in [0.29, 0.717) is 42.3 Å². The molecule has 5 rings (SSSR count). The van der Waals surface area contributed by atoms with Crippen LogP contribution in [0.1, 0.15) is 83.8 Å². The molecule has 34 heavy (non-hydrogen) atoms. The van der Waals surface area contributed by atoms with Crippen molar-refractivity contribution in [1.82, 2.24) is 5.32 Å². The van der Waals surface area contributed by atoms with Gasteiger partial charge in [0.25, 0.3) is 0 Å². The minimum absolute atomic E-state index is 0.0143. The van der Waals surface area contributed by atoms with Crippen molar-refractivity contribution < 1.29 is 23.5 Å². The first-order chi connectivity index (χ1) is 16.3. The Hall–Kier alpha value is -2.37. The van der Waals surface area contributed by atoms with Crippen LogP contribution in [0.2, 0.25) is 0 Å². The molecule has 0 radical (unpaired) electrons. The molecule has 3 saturated carbocycles. The van der Waals surface area contributed by atoms with E-state index in [0.717, 1.165) is 44.9 Å². The van der Waals surface area contributed by atoms with Crippen molar-refractivity contribution >= 4 is 17.7 Å². The van der Waals surface area contributed by atoms with Crippen molar-refractivity contribution in [3.8, 4) is 0 Å². The van der Waals surface area contributed by atoms with Gasteiger partial charge in [0.1, 0.15) is 11.9 Å². The number of esters is 1. The molecular formula is C28H37NO5. The highest BCUT2D eigenvalue weighted by Crippen LogP contribution is 2.65. The van der Waals surface area contributed by atoms with E-state index in [9.17, 15) is 14.4 Å². The lowest BCUT2D eigenvalue weighted by molar-refractivity contribution is -0.160. The average Bonchev–Trinajstić information content (AvgIpc) is 3.45. The number of carbonyl (C=O) groups excluding carboxylic acids is 3. The third-order valence-corrected chi connectivity index (χ3v) is 9.74. The number of allylic oxidation sites excluding steroid dienone is 1. The molecular weight excluding hydrogens is 430 g/mol. The molecule has 0 saturated heterocycles. The summed E-state index contributed by atoms with van der Waals surface area (Å²) in [4.78, 5) is 36.8. The smallest absolute Gasteiger partial charge is 0.306 e. The fourth-order valence-electron chi connectivity index (χ4n) is 7.83. The summed E-state index contributed by atoms with van der Waals surface area (Å²) >= 11 is 0. The number of ether oxygens (including phenoxy) is 1. The second-order valence-corrected chi connectivity index (χ2v) is 11.4. The van der Waals surface area contributed by atoms with Crippen LogP contribution in [0.25, 0.3) is 0 Å². The minimum Gasteiger partial charge on any atom is -0.467 e. The van der Waals surface area contributed by atoms with Gasteiger partial charge in [-0.15, -0.1) is 0 Å². The Morgan fingerprint density at radius 1 is 1.09 bits per heavy atom. The Morgan fingerprint density at radius 2 is 1.94 bits per heavy atom. The van der Waals surface area contributed by atoms with E-state index < -0.39 is 0 Å². The third kappa shape index (κ3) is 4.14. The van der Waals surface area contributed by atoms with Crippen LogP contribution in [-0.2, 0) is 25.7 Å². The van der Waals surface area contributed by atoms with Crippen molar-refractivity contribution in [2.24, 2.45) is 28.6 Å². The first-order valence-corrected chi connectivity index (χ1v) is 13.0. The molecule has 1 aromatic heterocycles. The molecule has 0 aromatic carbocycles. The molecule has 6 nitrogen and oxygen atoms in total. The molecule has 0 spiro atoms. The summed E-state index contributed by atoms with van der Waals surface area (Å²) in [5.41, 5.74) is 1.57. The highest BCUT2D eigenvalue weighted by atomic mass is 16.5. The Labute approximate surface area is 201 Å². The summed E-state index contributed by atoms with van der Waals surface area (Å²) in [6.45, 7) is 5.05. The number of fused-ring (bicyclic) bond motifs is 5. The maximum atomic E-state index is 12.6. The molecule has 1 heterocycles. The molecule has 6 heteroatoms. The van der Waals surface area contributed by atoms with Gasteiger partial charge >= 0.3 is 5.97 Å². The van der Waals surface area contributed by atoms with Crippen LogP contribution in [-0.4, -0.2) is 23.8 Å². The average molecular weight is 468 g/mol. The largest absolute Gasteiger partial charge is 0.467 e. The number of hydrogen-bond donors (Lipinski definition) is 1. The molecule has 4 aliphatic rings. The molecule has 1 amide bonds. The number of hydrogen-bond acceptors (Lipinski definition) is 5. The summed E-state index contributed by atoms with van der Waals surface area (Å²) in [6, 6.07) is 3.58. The number of nitrogens with one attached hydrogen (secondary N) is 1. The monoisotopic (exact) mass is 467 g/mol. The summed E-state index contributed by atoms with van der Waals surface area (Å²) in [5, 5.41) is 2.78. The Bertz CT molecular complexity index is 981. The lowest BCUT2D eigenvalue weighted by Gasteiger charge is -2.57. The summed E-state index contributed by atoms with van der Waals surface area (Å²) < 4.78 is 11.2. The second kappa shape index (κ2) is 9.01. The van der Waals surface area contributed by atoms with E-state index in [4.69, 9.17) is 9.15 Å². The molecule has 0 bridgehead atoms. The molecule has 3 fully saturated rings. The van der Waals surface area contributed by atoms with Gasteiger partial charge in [-0.1, -0.05) is 19.4 Å². The van der Waals surface area contributed by atoms with Gasteiger partial charge in [-0.05, 0) is 86.3 Å². The highest BCUT2D eigenvalue weighted by Gasteiger charge is 2.59. The fourth-order valence-corrected chi connectivity index (χ4v) is 7.83. The van der Waals surface area contributed by atoms with Crippen molar-refractivity contribution in [1.29, 1.82) is 0 Å². The van der Waals surface area contributed by atoms with Crippen molar-refractivity contribution in [2.75, 3.05) is 0 Å². The molecule has 1 N–H and O–H groups in total. The number of carbonyl (C=O) groups is 3. The van der Waals surface area contributed by atoms with Gasteiger partial charge in [-0.25, -0.2) is 0 Å². The summed E-state index contributed by atoms with van der Waals surface area (Å²) in [6.07, 6.45) is 11.8. The van der Waals surface area contributed by atoms with E-state index in [2.05, 4.69) is 19.2 Å². The van der Waals surface area contributed by atoms with E-state index in [1.54, 1.807) is 18.4 Å². The second-order valence-electron chi connectivity index (χ2n) is 11.4. The standard InChI is InChI=1S/C28H37NO5/c1-27-13-11-19(30)16-18(27)5-6-21-22-7-8-24(28(22,2)14-12-23(21)27)34-26(32)10-9-25(31)29-17-20-4-3-15-33-20/h3-4,15-16,21-24H,5-14,17H2,1-2H3,(H,29,31)/t21-,22+,23+,24+,27+,28+/m1/s1. The first kappa shape index (κ1) is 23.4. The Kier molecular flexibility index (Phi) is 6.19. The van der Waals surface area contributed by atoms with Gasteiger partial charge in [0.15, 0.2) is 5.78 Å². The normalized spacial score (nSPS) is 36.6. The molecule has 1 aromatic rings. The number of rotatable bonds is 6. The lowest BCUT2D eigenvalue weighted by Crippen LogP contribution is -2.51. The maximum absolute atomic E-state index is 12.6. The van der Waals surface area contributed by atoms with Crippen molar-refractivity contribution in [3.63, 3.8) is 0 Å². The van der Waals surface area contributed by atoms with Gasteiger partial charge in [-0.3, -0.25) is 14.4 Å². The van der Waals surface area contributed by atoms with Gasteiger partial charge in [0, 0.05) is 18.3 Å². The van der Waals surface area contributed by atoms with Gasteiger partial charge in [0.2, 0.25) is 5.91 Å². The van der Waals surface area contributed by atoms with Crippen LogP contribution in [0, 0.1) is 28.6 Å². The van der Waals surface area contributed by atoms with Gasteiger partial charge in [0.05, 0.1) is 19.2 Å². The zero-order valence-corrected chi connectivity index (χ0v) is 20.4. The van der Waals surface area contributed by atoms with Gasteiger partial charge < -0.3 is 14.5 Å². The van der Waals surface area contributed by atoms with E-state index in [1.807, 2.05) is 6.08 Å². The first-order valence-electron chi connectivity index (χ1n) is 13.0. The predicted octanol–water partition coefficient (Wildman–Crippen LogP) is 5.12. The molecule has 4 aliphatic carbocycles. The zero-order chi connectivity index (χ0) is 23.9.